The van der Waals surface area contributed by atoms with Crippen LogP contribution in [0.5, 0.6) is 0 Å². The third-order valence-electron chi connectivity index (χ3n) is 4.08. The van der Waals surface area contributed by atoms with Crippen molar-refractivity contribution < 1.29 is 9.90 Å². The van der Waals surface area contributed by atoms with Crippen LogP contribution in [-0.2, 0) is 0 Å². The van der Waals surface area contributed by atoms with E-state index in [1.54, 1.807) is 24.3 Å². The van der Waals surface area contributed by atoms with Gasteiger partial charge in [0.05, 0.1) is 11.6 Å². The maximum atomic E-state index is 12.1. The summed E-state index contributed by atoms with van der Waals surface area (Å²) in [7, 11) is 0. The number of rotatable bonds is 4. The molecule has 0 aromatic heterocycles. The van der Waals surface area contributed by atoms with E-state index in [1.165, 1.54) is 12.8 Å². The molecule has 0 bridgehead atoms. The van der Waals surface area contributed by atoms with Crippen molar-refractivity contribution in [1.29, 1.82) is 5.26 Å². The molecule has 1 fully saturated rings. The second-order valence-electron chi connectivity index (χ2n) is 5.39. The van der Waals surface area contributed by atoms with Gasteiger partial charge in [0.15, 0.2) is 0 Å². The van der Waals surface area contributed by atoms with Gasteiger partial charge in [-0.25, -0.2) is 0 Å². The van der Waals surface area contributed by atoms with Crippen molar-refractivity contribution in [3.8, 4) is 6.07 Å². The van der Waals surface area contributed by atoms with Crippen LogP contribution in [-0.4, -0.2) is 24.2 Å². The van der Waals surface area contributed by atoms with Gasteiger partial charge in [0.25, 0.3) is 5.91 Å². The number of hydrogen-bond acceptors (Lipinski definition) is 3. The molecule has 106 valence electrons. The molecule has 2 atom stereocenters. The second-order valence-corrected chi connectivity index (χ2v) is 5.39. The summed E-state index contributed by atoms with van der Waals surface area (Å²) in [5.74, 6) is 0.510. The predicted octanol–water partition coefficient (Wildman–Crippen LogP) is 2.09. The topological polar surface area (TPSA) is 73.1 Å². The Balaban J connectivity index is 1.92. The summed E-state index contributed by atoms with van der Waals surface area (Å²) in [4.78, 5) is 12.1. The number of nitrogens with one attached hydrogen (secondary N) is 1. The Morgan fingerprint density at radius 2 is 2.10 bits per heavy atom. The molecule has 2 N–H and O–H groups in total. The Morgan fingerprint density at radius 1 is 1.35 bits per heavy atom. The number of aliphatic hydroxyl groups is 1. The molecule has 4 nitrogen and oxygen atoms in total. The number of hydrogen-bond donors (Lipinski definition) is 2. The number of aliphatic hydroxyl groups excluding tert-OH is 1. The van der Waals surface area contributed by atoms with E-state index in [9.17, 15) is 9.90 Å². The van der Waals surface area contributed by atoms with E-state index in [0.717, 1.165) is 12.8 Å². The lowest BCUT2D eigenvalue weighted by atomic mass is 9.79. The number of carbonyl (C=O) groups is 1. The zero-order valence-corrected chi connectivity index (χ0v) is 11.5. The molecule has 2 rings (SSSR count). The normalized spacial score (nSPS) is 22.0. The minimum Gasteiger partial charge on any atom is -0.396 e. The summed E-state index contributed by atoms with van der Waals surface area (Å²) in [6, 6.07) is 8.73. The molecular weight excluding hydrogens is 252 g/mol. The first-order valence-electron chi connectivity index (χ1n) is 7.14. The Hall–Kier alpha value is -1.86. The first kappa shape index (κ1) is 14.5. The standard InChI is InChI=1S/C16H20N2O2/c17-9-12-4-3-7-13(8-12)16(20)18-10-14-5-1-2-6-15(14)11-19/h3-4,7-8,14-15,19H,1-2,5-6,10-11H2,(H,18,20). The van der Waals surface area contributed by atoms with E-state index in [0.29, 0.717) is 29.5 Å². The van der Waals surface area contributed by atoms with Crippen LogP contribution in [0.25, 0.3) is 0 Å². The average Bonchev–Trinajstić information content (AvgIpc) is 2.52. The number of carbonyl (C=O) groups excluding carboxylic acids is 1. The zero-order valence-electron chi connectivity index (χ0n) is 11.5. The minimum atomic E-state index is -0.149. The van der Waals surface area contributed by atoms with Crippen molar-refractivity contribution in [3.05, 3.63) is 35.4 Å². The highest BCUT2D eigenvalue weighted by Crippen LogP contribution is 2.29. The van der Waals surface area contributed by atoms with Gasteiger partial charge >= 0.3 is 0 Å². The smallest absolute Gasteiger partial charge is 0.251 e. The summed E-state index contributed by atoms with van der Waals surface area (Å²) in [5.41, 5.74) is 1.00. The molecule has 1 aliphatic rings. The van der Waals surface area contributed by atoms with Crippen LogP contribution in [0.4, 0.5) is 0 Å². The van der Waals surface area contributed by atoms with Crippen LogP contribution in [0.3, 0.4) is 0 Å². The fourth-order valence-corrected chi connectivity index (χ4v) is 2.85. The summed E-state index contributed by atoms with van der Waals surface area (Å²) in [6.45, 7) is 0.797. The lowest BCUT2D eigenvalue weighted by Crippen LogP contribution is -2.35. The van der Waals surface area contributed by atoms with E-state index in [4.69, 9.17) is 5.26 Å². The highest BCUT2D eigenvalue weighted by Gasteiger charge is 2.24. The van der Waals surface area contributed by atoms with Gasteiger partial charge in [0.2, 0.25) is 0 Å². The average molecular weight is 272 g/mol. The SMILES string of the molecule is N#Cc1cccc(C(=O)NCC2CCCCC2CO)c1. The van der Waals surface area contributed by atoms with Gasteiger partial charge in [-0.1, -0.05) is 18.9 Å². The first-order valence-corrected chi connectivity index (χ1v) is 7.14. The minimum absolute atomic E-state index is 0.149. The summed E-state index contributed by atoms with van der Waals surface area (Å²) >= 11 is 0. The van der Waals surface area contributed by atoms with Gasteiger partial charge in [-0.15, -0.1) is 0 Å². The van der Waals surface area contributed by atoms with Gasteiger partial charge in [-0.05, 0) is 42.9 Å². The third-order valence-corrected chi connectivity index (χ3v) is 4.08. The number of nitrogens with zero attached hydrogens (tertiary/aromatic N) is 1. The molecule has 4 heteroatoms. The van der Waals surface area contributed by atoms with Crippen LogP contribution >= 0.6 is 0 Å². The van der Waals surface area contributed by atoms with Gasteiger partial charge < -0.3 is 10.4 Å². The monoisotopic (exact) mass is 272 g/mol. The zero-order chi connectivity index (χ0) is 14.4. The number of benzene rings is 1. The summed E-state index contributed by atoms with van der Waals surface area (Å²) < 4.78 is 0. The maximum Gasteiger partial charge on any atom is 0.251 e. The molecule has 0 spiro atoms. The Kier molecular flexibility index (Phi) is 5.14. The van der Waals surface area contributed by atoms with Crippen LogP contribution in [0.1, 0.15) is 41.6 Å². The Labute approximate surface area is 119 Å². The van der Waals surface area contributed by atoms with Crippen LogP contribution in [0.2, 0.25) is 0 Å². The van der Waals surface area contributed by atoms with Crippen LogP contribution in [0.15, 0.2) is 24.3 Å². The van der Waals surface area contributed by atoms with E-state index in [1.807, 2.05) is 6.07 Å². The van der Waals surface area contributed by atoms with Crippen molar-refractivity contribution in [2.24, 2.45) is 11.8 Å². The van der Waals surface area contributed by atoms with Crippen molar-refractivity contribution >= 4 is 5.91 Å². The molecule has 0 heterocycles. The van der Waals surface area contributed by atoms with Crippen LogP contribution < -0.4 is 5.32 Å². The number of amides is 1. The van der Waals surface area contributed by atoms with Gasteiger partial charge in [0, 0.05) is 18.7 Å². The molecular formula is C16H20N2O2. The van der Waals surface area contributed by atoms with E-state index >= 15 is 0 Å². The summed E-state index contributed by atoms with van der Waals surface area (Å²) in [5, 5.41) is 21.1. The van der Waals surface area contributed by atoms with Crippen LogP contribution in [0, 0.1) is 23.2 Å². The van der Waals surface area contributed by atoms with E-state index in [-0.39, 0.29) is 12.5 Å². The molecule has 20 heavy (non-hydrogen) atoms. The number of nitriles is 1. The highest BCUT2D eigenvalue weighted by atomic mass is 16.3. The largest absolute Gasteiger partial charge is 0.396 e. The maximum absolute atomic E-state index is 12.1. The van der Waals surface area contributed by atoms with E-state index in [2.05, 4.69) is 5.32 Å². The molecule has 1 aromatic carbocycles. The fourth-order valence-electron chi connectivity index (χ4n) is 2.85. The predicted molar refractivity (Wildman–Crippen MR) is 76.0 cm³/mol. The summed E-state index contributed by atoms with van der Waals surface area (Å²) in [6.07, 6.45) is 4.44. The quantitative estimate of drug-likeness (QED) is 0.881. The van der Waals surface area contributed by atoms with E-state index < -0.39 is 0 Å². The third kappa shape index (κ3) is 3.58. The molecule has 0 radical (unpaired) electrons. The molecule has 0 saturated heterocycles. The fraction of sp³-hybridized carbons (Fsp3) is 0.500. The highest BCUT2D eigenvalue weighted by molar-refractivity contribution is 5.94. The lowest BCUT2D eigenvalue weighted by Gasteiger charge is -2.30. The lowest BCUT2D eigenvalue weighted by molar-refractivity contribution is 0.0909. The molecule has 1 amide bonds. The van der Waals surface area contributed by atoms with Crippen molar-refractivity contribution in [2.75, 3.05) is 13.2 Å². The van der Waals surface area contributed by atoms with Gasteiger partial charge in [0.1, 0.15) is 0 Å². The second kappa shape index (κ2) is 7.06. The van der Waals surface area contributed by atoms with Crippen molar-refractivity contribution in [2.45, 2.75) is 25.7 Å². The molecule has 2 unspecified atom stereocenters. The van der Waals surface area contributed by atoms with Gasteiger partial charge in [-0.2, -0.15) is 5.26 Å². The Morgan fingerprint density at radius 3 is 2.80 bits per heavy atom. The van der Waals surface area contributed by atoms with Crippen molar-refractivity contribution in [1.82, 2.24) is 5.32 Å². The molecule has 0 aliphatic heterocycles. The molecule has 1 saturated carbocycles. The van der Waals surface area contributed by atoms with Crippen molar-refractivity contribution in [3.63, 3.8) is 0 Å². The van der Waals surface area contributed by atoms with Gasteiger partial charge in [-0.3, -0.25) is 4.79 Å². The molecule has 1 aliphatic carbocycles. The molecule has 1 aromatic rings. The first-order chi connectivity index (χ1) is 9.74. The Bertz CT molecular complexity index is 507.